The predicted molar refractivity (Wildman–Crippen MR) is 92.5 cm³/mol. The minimum atomic E-state index is -4.47. The molecule has 0 fully saturated rings. The summed E-state index contributed by atoms with van der Waals surface area (Å²) in [6.45, 7) is 6.23. The van der Waals surface area contributed by atoms with Crippen molar-refractivity contribution in [2.45, 2.75) is 58.7 Å². The second kappa shape index (κ2) is 10.4. The van der Waals surface area contributed by atoms with Gasteiger partial charge in [-0.25, -0.2) is 4.79 Å². The van der Waals surface area contributed by atoms with Gasteiger partial charge >= 0.3 is 6.03 Å². The number of phosphoric ester groups is 1. The molecule has 2 unspecified atom stereocenters. The maximum atomic E-state index is 12.0. The molecule has 10 nitrogen and oxygen atoms in total. The highest BCUT2D eigenvalue weighted by Gasteiger charge is 2.29. The van der Waals surface area contributed by atoms with Crippen molar-refractivity contribution in [1.29, 1.82) is 0 Å². The van der Waals surface area contributed by atoms with Crippen molar-refractivity contribution in [3.05, 3.63) is 12.3 Å². The maximum Gasteiger partial charge on any atom is 0.325 e. The number of urea groups is 1. The molecule has 4 atom stereocenters. The Hall–Kier alpha value is -1.00. The number of nitrogens with two attached hydrogens (primary N) is 1. The quantitative estimate of drug-likeness (QED) is 0.429. The summed E-state index contributed by atoms with van der Waals surface area (Å²) in [5.74, 6) is 0.166. The third-order valence-corrected chi connectivity index (χ3v) is 4.43. The fraction of sp³-hybridized carbons (Fsp3) is 0.800. The third kappa shape index (κ3) is 8.13. The van der Waals surface area contributed by atoms with Gasteiger partial charge in [0.05, 0.1) is 31.6 Å². The number of aliphatic hydroxyl groups is 1. The van der Waals surface area contributed by atoms with Crippen molar-refractivity contribution >= 4 is 13.9 Å². The van der Waals surface area contributed by atoms with E-state index in [-0.39, 0.29) is 12.5 Å². The first-order chi connectivity index (χ1) is 12.0. The van der Waals surface area contributed by atoms with Gasteiger partial charge in [0.1, 0.15) is 0 Å². The summed E-state index contributed by atoms with van der Waals surface area (Å²) in [6.07, 6.45) is 0.551. The van der Waals surface area contributed by atoms with Crippen LogP contribution >= 0.6 is 7.82 Å². The number of carbonyl (C=O) groups is 1. The van der Waals surface area contributed by atoms with Crippen LogP contribution in [0.25, 0.3) is 0 Å². The molecule has 0 spiro atoms. The standard InChI is InChI=1S/C15H30N3O7P/c1-10(2)7-12(9-23-26(21,22)25-11(3)4)24-14(8-19)18-6-5-13(16)17-15(18)20/h5-6,10-14,19H,7-9,16H2,1-4H3,(H,17,20)(H,21,22)/p-1/t12-,13?,14-/m1/s1. The molecule has 0 saturated heterocycles. The smallest absolute Gasteiger partial charge is 0.325 e. The van der Waals surface area contributed by atoms with E-state index in [0.717, 1.165) is 4.90 Å². The monoisotopic (exact) mass is 394 g/mol. The average Bonchev–Trinajstić information content (AvgIpc) is 2.49. The topological polar surface area (TPSA) is 146 Å². The van der Waals surface area contributed by atoms with Gasteiger partial charge in [0, 0.05) is 6.20 Å². The lowest BCUT2D eigenvalue weighted by Gasteiger charge is -2.35. The Labute approximate surface area is 153 Å². The molecule has 0 bridgehead atoms. The molecule has 0 aromatic rings. The van der Waals surface area contributed by atoms with Gasteiger partial charge in [0.25, 0.3) is 7.82 Å². The molecule has 0 saturated carbocycles. The van der Waals surface area contributed by atoms with Gasteiger partial charge in [-0.15, -0.1) is 0 Å². The molecule has 0 aromatic carbocycles. The van der Waals surface area contributed by atoms with E-state index in [1.165, 1.54) is 12.3 Å². The highest BCUT2D eigenvalue weighted by molar-refractivity contribution is 7.45. The summed E-state index contributed by atoms with van der Waals surface area (Å²) in [6, 6.07) is -0.527. The van der Waals surface area contributed by atoms with Crippen LogP contribution in [0.1, 0.15) is 34.1 Å². The molecular weight excluding hydrogens is 365 g/mol. The number of aliphatic hydroxyl groups excluding tert-OH is 1. The van der Waals surface area contributed by atoms with Gasteiger partial charge in [-0.2, -0.15) is 0 Å². The molecule has 0 aromatic heterocycles. The number of nitrogens with one attached hydrogen (secondary N) is 1. The van der Waals surface area contributed by atoms with E-state index < -0.39 is 45.1 Å². The number of hydrogen-bond acceptors (Lipinski definition) is 8. The lowest BCUT2D eigenvalue weighted by Crippen LogP contribution is -2.54. The van der Waals surface area contributed by atoms with Gasteiger partial charge in [-0.05, 0) is 32.3 Å². The molecule has 26 heavy (non-hydrogen) atoms. The van der Waals surface area contributed by atoms with Crippen molar-refractivity contribution in [3.8, 4) is 0 Å². The van der Waals surface area contributed by atoms with Gasteiger partial charge in [-0.1, -0.05) is 13.8 Å². The van der Waals surface area contributed by atoms with E-state index in [9.17, 15) is 19.4 Å². The summed E-state index contributed by atoms with van der Waals surface area (Å²) in [5.41, 5.74) is 5.58. The van der Waals surface area contributed by atoms with Gasteiger partial charge < -0.3 is 34.8 Å². The van der Waals surface area contributed by atoms with Crippen LogP contribution in [0.5, 0.6) is 0 Å². The summed E-state index contributed by atoms with van der Waals surface area (Å²) in [4.78, 5) is 24.9. The van der Waals surface area contributed by atoms with Crippen molar-refractivity contribution < 1.29 is 33.1 Å². The fourth-order valence-electron chi connectivity index (χ4n) is 2.32. The van der Waals surface area contributed by atoms with Crippen LogP contribution in [-0.4, -0.2) is 53.9 Å². The van der Waals surface area contributed by atoms with Crippen molar-refractivity contribution in [2.75, 3.05) is 13.2 Å². The predicted octanol–water partition coefficient (Wildman–Crippen LogP) is 0.470. The van der Waals surface area contributed by atoms with Gasteiger partial charge in [-0.3, -0.25) is 9.46 Å². The molecule has 1 aliphatic rings. The minimum Gasteiger partial charge on any atom is -0.756 e. The Bertz CT molecular complexity index is 529. The van der Waals surface area contributed by atoms with E-state index in [1.54, 1.807) is 13.8 Å². The van der Waals surface area contributed by atoms with Crippen LogP contribution in [0.4, 0.5) is 4.79 Å². The highest BCUT2D eigenvalue weighted by atomic mass is 31.2. The van der Waals surface area contributed by atoms with Crippen LogP contribution in [0, 0.1) is 5.92 Å². The van der Waals surface area contributed by atoms with Crippen LogP contribution in [0.3, 0.4) is 0 Å². The Morgan fingerprint density at radius 3 is 2.58 bits per heavy atom. The summed E-state index contributed by atoms with van der Waals surface area (Å²) in [7, 11) is -4.47. The first-order valence-corrected chi connectivity index (χ1v) is 9.93. The number of phosphoric acid groups is 1. The lowest BCUT2D eigenvalue weighted by molar-refractivity contribution is -0.232. The molecular formula is C15H29N3O7P-. The Morgan fingerprint density at radius 1 is 1.42 bits per heavy atom. The highest BCUT2D eigenvalue weighted by Crippen LogP contribution is 2.40. The van der Waals surface area contributed by atoms with Crippen molar-refractivity contribution in [1.82, 2.24) is 10.2 Å². The maximum absolute atomic E-state index is 12.0. The first kappa shape index (κ1) is 23.0. The average molecular weight is 394 g/mol. The van der Waals surface area contributed by atoms with E-state index in [1.807, 2.05) is 13.8 Å². The zero-order valence-electron chi connectivity index (χ0n) is 15.5. The van der Waals surface area contributed by atoms with Crippen LogP contribution in [0.2, 0.25) is 0 Å². The van der Waals surface area contributed by atoms with E-state index in [2.05, 4.69) is 5.32 Å². The van der Waals surface area contributed by atoms with Gasteiger partial charge in [0.15, 0.2) is 6.23 Å². The molecule has 0 radical (unpaired) electrons. The number of ether oxygens (including phenoxy) is 1. The van der Waals surface area contributed by atoms with E-state index in [4.69, 9.17) is 19.5 Å². The largest absolute Gasteiger partial charge is 0.756 e. The Balaban J connectivity index is 2.76. The number of nitrogens with zero attached hydrogens (tertiary/aromatic N) is 1. The van der Waals surface area contributed by atoms with Crippen LogP contribution < -0.4 is 15.9 Å². The molecule has 1 heterocycles. The molecule has 1 aliphatic heterocycles. The SMILES string of the molecule is CC(C)C[C@H](COP(=O)([O-])OC(C)C)O[C@H](CO)N1C=CC(N)NC1=O. The zero-order chi connectivity index (χ0) is 19.9. The van der Waals surface area contributed by atoms with Crippen LogP contribution in [0.15, 0.2) is 12.3 Å². The molecule has 152 valence electrons. The number of carbonyl (C=O) groups excluding carboxylic acids is 1. The van der Waals surface area contributed by atoms with E-state index in [0.29, 0.717) is 6.42 Å². The molecule has 0 aliphatic carbocycles. The van der Waals surface area contributed by atoms with Crippen LogP contribution in [-0.2, 0) is 18.3 Å². The Morgan fingerprint density at radius 2 is 2.08 bits per heavy atom. The Kier molecular flexibility index (Phi) is 9.18. The zero-order valence-corrected chi connectivity index (χ0v) is 16.4. The second-order valence-electron chi connectivity index (χ2n) is 6.65. The number of hydrogen-bond donors (Lipinski definition) is 3. The number of rotatable bonds is 11. The third-order valence-electron chi connectivity index (χ3n) is 3.29. The second-order valence-corrected chi connectivity index (χ2v) is 8.01. The minimum absolute atomic E-state index is 0.166. The summed E-state index contributed by atoms with van der Waals surface area (Å²) >= 11 is 0. The lowest BCUT2D eigenvalue weighted by atomic mass is 10.1. The molecule has 4 N–H and O–H groups in total. The summed E-state index contributed by atoms with van der Waals surface area (Å²) in [5, 5.41) is 12.1. The van der Waals surface area contributed by atoms with Crippen molar-refractivity contribution in [3.63, 3.8) is 0 Å². The van der Waals surface area contributed by atoms with Gasteiger partial charge in [0.2, 0.25) is 0 Å². The first-order valence-electron chi connectivity index (χ1n) is 8.47. The fourth-order valence-corrected chi connectivity index (χ4v) is 3.24. The number of amides is 2. The molecule has 2 amide bonds. The van der Waals surface area contributed by atoms with Crippen molar-refractivity contribution in [2.24, 2.45) is 11.7 Å². The molecule has 1 rings (SSSR count). The summed E-state index contributed by atoms with van der Waals surface area (Å²) < 4.78 is 27.1. The van der Waals surface area contributed by atoms with E-state index >= 15 is 0 Å². The molecule has 11 heteroatoms. The normalized spacial score (nSPS) is 22.4.